The van der Waals surface area contributed by atoms with Crippen molar-refractivity contribution >= 4 is 8.07 Å². The third kappa shape index (κ3) is 1.77. The lowest BCUT2D eigenvalue weighted by Gasteiger charge is -2.37. The molecule has 2 bridgehead atoms. The van der Waals surface area contributed by atoms with E-state index in [1.165, 1.54) is 18.1 Å². The summed E-state index contributed by atoms with van der Waals surface area (Å²) >= 11 is 0. The Morgan fingerprint density at radius 1 is 1.24 bits per heavy atom. The van der Waals surface area contributed by atoms with Gasteiger partial charge in [-0.3, -0.25) is 10.1 Å². The van der Waals surface area contributed by atoms with Crippen molar-refractivity contribution in [3.05, 3.63) is 22.3 Å². The van der Waals surface area contributed by atoms with Gasteiger partial charge in [0, 0.05) is 17.3 Å². The van der Waals surface area contributed by atoms with Gasteiger partial charge >= 0.3 is 0 Å². The maximum Gasteiger partial charge on any atom is 0.219 e. The summed E-state index contributed by atoms with van der Waals surface area (Å²) in [5.74, 6) is 0.767. The van der Waals surface area contributed by atoms with E-state index in [1.807, 2.05) is 0 Å². The Balaban J connectivity index is 2.27. The number of fused-ring (bicyclic) bond motifs is 2. The first kappa shape index (κ1) is 12.8. The van der Waals surface area contributed by atoms with Crippen LogP contribution in [0.4, 0.5) is 0 Å². The highest BCUT2D eigenvalue weighted by Crippen LogP contribution is 2.57. The van der Waals surface area contributed by atoms with Crippen molar-refractivity contribution < 1.29 is 4.92 Å². The minimum Gasteiger partial charge on any atom is -0.264 e. The summed E-state index contributed by atoms with van der Waals surface area (Å²) < 4.78 is 0. The van der Waals surface area contributed by atoms with Crippen molar-refractivity contribution in [3.63, 3.8) is 0 Å². The van der Waals surface area contributed by atoms with E-state index in [4.69, 9.17) is 0 Å². The third-order valence-corrected chi connectivity index (χ3v) is 12.0. The van der Waals surface area contributed by atoms with Crippen LogP contribution in [0.15, 0.2) is 12.2 Å². The van der Waals surface area contributed by atoms with Crippen LogP contribution in [0.5, 0.6) is 0 Å². The second-order valence-corrected chi connectivity index (χ2v) is 11.2. The van der Waals surface area contributed by atoms with Crippen LogP contribution >= 0.6 is 0 Å². The van der Waals surface area contributed by atoms with Crippen LogP contribution in [0, 0.1) is 22.0 Å². The Labute approximate surface area is 104 Å². The number of nitro groups is 1. The molecular weight excluding hydrogens is 230 g/mol. The maximum absolute atomic E-state index is 11.1. The van der Waals surface area contributed by atoms with Crippen LogP contribution in [-0.2, 0) is 0 Å². The number of allylic oxidation sites excluding steroid dienone is 1. The zero-order valence-electron chi connectivity index (χ0n) is 11.1. The maximum atomic E-state index is 11.1. The van der Waals surface area contributed by atoms with E-state index in [1.54, 1.807) is 0 Å². The molecule has 1 saturated carbocycles. The fourth-order valence-electron chi connectivity index (χ4n) is 4.37. The van der Waals surface area contributed by atoms with Gasteiger partial charge in [-0.15, -0.1) is 0 Å². The standard InChI is InChI=1S/C13H23NO2Si/c1-4-17(5-2,6-3)13-10-7-8-11(13)12(9-10)14(15)16/h7-8,10-13H,4-6,9H2,1-3H3/t10-,11-,12+,13-/m1/s1. The first-order valence-corrected chi connectivity index (χ1v) is 9.61. The number of hydrogen-bond donors (Lipinski definition) is 0. The summed E-state index contributed by atoms with van der Waals surface area (Å²) in [4.78, 5) is 11.1. The molecule has 0 aromatic rings. The molecular formula is C13H23NO2Si. The summed E-state index contributed by atoms with van der Waals surface area (Å²) in [6.07, 6.45) is 5.24. The molecule has 3 nitrogen and oxygen atoms in total. The molecule has 0 amide bonds. The summed E-state index contributed by atoms with van der Waals surface area (Å²) in [6.45, 7) is 6.91. The average Bonchev–Trinajstić information content (AvgIpc) is 2.91. The van der Waals surface area contributed by atoms with Crippen LogP contribution < -0.4 is 0 Å². The highest BCUT2D eigenvalue weighted by molar-refractivity contribution is 6.81. The Kier molecular flexibility index (Phi) is 3.43. The molecule has 1 fully saturated rings. The minimum atomic E-state index is -1.30. The Bertz CT molecular complexity index is 330. The van der Waals surface area contributed by atoms with E-state index in [9.17, 15) is 10.1 Å². The minimum absolute atomic E-state index is 0.0265. The van der Waals surface area contributed by atoms with Crippen LogP contribution in [0.1, 0.15) is 27.2 Å². The topological polar surface area (TPSA) is 43.1 Å². The Morgan fingerprint density at radius 3 is 2.24 bits per heavy atom. The second kappa shape index (κ2) is 4.56. The van der Waals surface area contributed by atoms with Crippen molar-refractivity contribution in [1.82, 2.24) is 0 Å². The molecule has 4 atom stereocenters. The molecule has 0 spiro atoms. The molecule has 0 N–H and O–H groups in total. The van der Waals surface area contributed by atoms with E-state index in [-0.39, 0.29) is 16.9 Å². The predicted molar refractivity (Wildman–Crippen MR) is 72.5 cm³/mol. The van der Waals surface area contributed by atoms with Crippen LogP contribution in [0.25, 0.3) is 0 Å². The first-order chi connectivity index (χ1) is 8.09. The second-order valence-electron chi connectivity index (χ2n) is 5.66. The Morgan fingerprint density at radius 2 is 1.82 bits per heavy atom. The molecule has 96 valence electrons. The lowest BCUT2D eigenvalue weighted by molar-refractivity contribution is -0.527. The van der Waals surface area contributed by atoms with Crippen molar-refractivity contribution in [3.8, 4) is 0 Å². The third-order valence-electron chi connectivity index (χ3n) is 5.50. The van der Waals surface area contributed by atoms with Crippen molar-refractivity contribution in [1.29, 1.82) is 0 Å². The van der Waals surface area contributed by atoms with Crippen LogP contribution in [0.3, 0.4) is 0 Å². The zero-order valence-corrected chi connectivity index (χ0v) is 12.1. The average molecular weight is 253 g/mol. The van der Waals surface area contributed by atoms with Crippen LogP contribution in [-0.4, -0.2) is 19.0 Å². The van der Waals surface area contributed by atoms with Crippen LogP contribution in [0.2, 0.25) is 23.7 Å². The van der Waals surface area contributed by atoms with E-state index in [0.29, 0.717) is 11.5 Å². The lowest BCUT2D eigenvalue weighted by atomic mass is 10.0. The van der Waals surface area contributed by atoms with Gasteiger partial charge in [0.15, 0.2) is 0 Å². The summed E-state index contributed by atoms with van der Waals surface area (Å²) in [5, 5.41) is 11.1. The van der Waals surface area contributed by atoms with E-state index in [2.05, 4.69) is 32.9 Å². The van der Waals surface area contributed by atoms with Gasteiger partial charge in [0.05, 0.1) is 8.07 Å². The SMILES string of the molecule is CC[Si](CC)(CC)[C@H]1[C@@H]2C=C[C@@H]1C[C@@H]2[N+](=O)[O-]. The van der Waals surface area contributed by atoms with Crippen molar-refractivity contribution in [2.24, 2.45) is 11.8 Å². The van der Waals surface area contributed by atoms with Crippen molar-refractivity contribution in [2.45, 2.75) is 56.9 Å². The van der Waals surface area contributed by atoms with Gasteiger partial charge in [0.2, 0.25) is 6.04 Å². The molecule has 0 aromatic heterocycles. The summed E-state index contributed by atoms with van der Waals surface area (Å²) in [5.41, 5.74) is 0.651. The van der Waals surface area contributed by atoms with Gasteiger partial charge in [0.25, 0.3) is 0 Å². The highest BCUT2D eigenvalue weighted by atomic mass is 28.3. The molecule has 2 aliphatic rings. The molecule has 0 radical (unpaired) electrons. The van der Waals surface area contributed by atoms with Gasteiger partial charge in [-0.1, -0.05) is 51.1 Å². The fourth-order valence-corrected chi connectivity index (χ4v) is 9.59. The lowest BCUT2D eigenvalue weighted by Crippen LogP contribution is -2.41. The molecule has 0 aliphatic heterocycles. The van der Waals surface area contributed by atoms with Crippen molar-refractivity contribution in [2.75, 3.05) is 0 Å². The largest absolute Gasteiger partial charge is 0.264 e. The van der Waals surface area contributed by atoms with Gasteiger partial charge in [-0.05, 0) is 11.5 Å². The zero-order chi connectivity index (χ0) is 12.6. The van der Waals surface area contributed by atoms with Gasteiger partial charge in [0.1, 0.15) is 0 Å². The number of rotatable bonds is 5. The smallest absolute Gasteiger partial charge is 0.219 e. The predicted octanol–water partition coefficient (Wildman–Crippen LogP) is 3.72. The first-order valence-electron chi connectivity index (χ1n) is 6.91. The monoisotopic (exact) mass is 253 g/mol. The summed E-state index contributed by atoms with van der Waals surface area (Å²) in [6, 6.07) is 3.56. The summed E-state index contributed by atoms with van der Waals surface area (Å²) in [7, 11) is -1.30. The van der Waals surface area contributed by atoms with E-state index < -0.39 is 8.07 Å². The fraction of sp³-hybridized carbons (Fsp3) is 0.846. The van der Waals surface area contributed by atoms with E-state index >= 15 is 0 Å². The molecule has 0 aromatic carbocycles. The molecule has 0 unspecified atom stereocenters. The van der Waals surface area contributed by atoms with Gasteiger partial charge in [-0.25, -0.2) is 0 Å². The molecule has 2 aliphatic carbocycles. The van der Waals surface area contributed by atoms with Gasteiger partial charge < -0.3 is 0 Å². The quantitative estimate of drug-likeness (QED) is 0.324. The highest BCUT2D eigenvalue weighted by Gasteiger charge is 2.57. The Hall–Kier alpha value is -0.643. The molecule has 0 heterocycles. The number of nitrogens with zero attached hydrogens (tertiary/aromatic N) is 1. The number of hydrogen-bond acceptors (Lipinski definition) is 2. The normalized spacial score (nSPS) is 35.5. The molecule has 0 saturated heterocycles. The van der Waals surface area contributed by atoms with E-state index in [0.717, 1.165) is 6.42 Å². The van der Waals surface area contributed by atoms with Gasteiger partial charge in [-0.2, -0.15) is 0 Å². The molecule has 2 rings (SSSR count). The molecule has 4 heteroatoms. The molecule has 17 heavy (non-hydrogen) atoms.